The zero-order valence-electron chi connectivity index (χ0n) is 9.46. The average molecular weight is 190 g/mol. The maximum atomic E-state index is 2.32. The van der Waals surface area contributed by atoms with Gasteiger partial charge in [-0.2, -0.15) is 0 Å². The molecule has 1 nitrogen and oxygen atoms in total. The summed E-state index contributed by atoms with van der Waals surface area (Å²) in [5, 5.41) is 0. The second-order valence-corrected chi connectivity index (χ2v) is 3.92. The molecule has 0 radical (unpaired) electrons. The van der Waals surface area contributed by atoms with Crippen molar-refractivity contribution in [2.75, 3.05) is 13.6 Å². The molecule has 1 aliphatic rings. The molecule has 1 aromatic rings. The number of hydrogen-bond acceptors (Lipinski definition) is 0. The number of hydrogen-bond donors (Lipinski definition) is 0. The zero-order valence-corrected chi connectivity index (χ0v) is 9.46. The molecule has 76 valence electrons. The molecule has 0 aliphatic carbocycles. The number of nitrogens with zero attached hydrogens (tertiary/aromatic N) is 1. The van der Waals surface area contributed by atoms with Gasteiger partial charge in [-0.15, -0.1) is 0 Å². The van der Waals surface area contributed by atoms with Crippen LogP contribution >= 0.6 is 0 Å². The van der Waals surface area contributed by atoms with E-state index in [1.807, 2.05) is 18.2 Å². The Morgan fingerprint density at radius 3 is 1.93 bits per heavy atom. The molecule has 0 bridgehead atoms. The molecule has 0 saturated heterocycles. The first-order valence-electron chi connectivity index (χ1n) is 5.25. The normalized spacial score (nSPS) is 15.1. The molecule has 14 heavy (non-hydrogen) atoms. The molecule has 0 amide bonds. The van der Waals surface area contributed by atoms with E-state index >= 15 is 0 Å². The highest BCUT2D eigenvalue weighted by Crippen LogP contribution is 2.00. The van der Waals surface area contributed by atoms with Gasteiger partial charge in [0.15, 0.2) is 0 Å². The molecule has 1 aromatic carbocycles. The van der Waals surface area contributed by atoms with Crippen molar-refractivity contribution in [3.05, 3.63) is 35.9 Å². The van der Waals surface area contributed by atoms with Crippen LogP contribution < -0.4 is 0 Å². The lowest BCUT2D eigenvalue weighted by Gasteiger charge is -1.83. The Morgan fingerprint density at radius 1 is 1.07 bits per heavy atom. The maximum absolute atomic E-state index is 2.32. The fraction of sp³-hybridized carbons (Fsp3) is 0.462. The first kappa shape index (κ1) is 11.0. The lowest BCUT2D eigenvalue weighted by Crippen LogP contribution is -2.04. The Kier molecular flexibility index (Phi) is 4.37. The molecule has 1 heteroatoms. The van der Waals surface area contributed by atoms with E-state index in [-0.39, 0.29) is 0 Å². The Morgan fingerprint density at radius 2 is 1.71 bits per heavy atom. The Balaban J connectivity index is 0.000000140. The lowest BCUT2D eigenvalue weighted by molar-refractivity contribution is -0.489. The minimum atomic E-state index is 1.27. The molecule has 0 N–H and O–H groups in total. The molecule has 0 spiro atoms. The summed E-state index contributed by atoms with van der Waals surface area (Å²) >= 11 is 0. The molecule has 2 rings (SSSR count). The zero-order chi connectivity index (χ0) is 10.4. The van der Waals surface area contributed by atoms with Crippen molar-refractivity contribution < 1.29 is 4.58 Å². The fourth-order valence-corrected chi connectivity index (χ4v) is 1.49. The molecule has 1 heterocycles. The summed E-state index contributed by atoms with van der Waals surface area (Å²) in [7, 11) is 2.16. The van der Waals surface area contributed by atoms with E-state index in [1.54, 1.807) is 5.71 Å². The van der Waals surface area contributed by atoms with Crippen molar-refractivity contribution >= 4 is 5.71 Å². The van der Waals surface area contributed by atoms with Crippen LogP contribution in [0.1, 0.15) is 25.3 Å². The summed E-state index contributed by atoms with van der Waals surface area (Å²) in [6.45, 7) is 5.55. The van der Waals surface area contributed by atoms with Gasteiger partial charge in [0.2, 0.25) is 0 Å². The van der Waals surface area contributed by atoms with Crippen LogP contribution in [0.5, 0.6) is 0 Å². The minimum Gasteiger partial charge on any atom is -0.240 e. The lowest BCUT2D eigenvalue weighted by atomic mass is 10.2. The SMILES string of the molecule is CC1=[N+](C)CCC1.Cc1ccccc1. The highest BCUT2D eigenvalue weighted by Gasteiger charge is 2.11. The van der Waals surface area contributed by atoms with Gasteiger partial charge < -0.3 is 0 Å². The molecule has 0 unspecified atom stereocenters. The van der Waals surface area contributed by atoms with Gasteiger partial charge in [-0.05, 0) is 6.92 Å². The van der Waals surface area contributed by atoms with Crippen LogP contribution in [0.3, 0.4) is 0 Å². The Hall–Kier alpha value is -1.11. The standard InChI is InChI=1S/C7H8.C6H12N/c1-7-5-3-2-4-6-7;1-6-4-3-5-7(6)2/h2-6H,1H3;3-5H2,1-2H3/q;+1. The summed E-state index contributed by atoms with van der Waals surface area (Å²) in [4.78, 5) is 0. The van der Waals surface area contributed by atoms with E-state index in [0.29, 0.717) is 0 Å². The van der Waals surface area contributed by atoms with Crippen molar-refractivity contribution in [1.82, 2.24) is 0 Å². The highest BCUT2D eigenvalue weighted by molar-refractivity contribution is 5.77. The molecular weight excluding hydrogens is 170 g/mol. The van der Waals surface area contributed by atoms with Crippen LogP contribution in [-0.2, 0) is 0 Å². The fourth-order valence-electron chi connectivity index (χ4n) is 1.49. The van der Waals surface area contributed by atoms with E-state index in [1.165, 1.54) is 24.9 Å². The van der Waals surface area contributed by atoms with Gasteiger partial charge in [0.05, 0.1) is 0 Å². The maximum Gasteiger partial charge on any atom is 0.149 e. The predicted octanol–water partition coefficient (Wildman–Crippen LogP) is 2.88. The summed E-state index contributed by atoms with van der Waals surface area (Å²) in [6.07, 6.45) is 2.68. The Bertz CT molecular complexity index is 286. The first-order valence-corrected chi connectivity index (χ1v) is 5.25. The number of rotatable bonds is 0. The van der Waals surface area contributed by atoms with Crippen LogP contribution in [0.25, 0.3) is 0 Å². The van der Waals surface area contributed by atoms with Gasteiger partial charge in [-0.1, -0.05) is 35.9 Å². The van der Waals surface area contributed by atoms with Crippen LogP contribution in [0.4, 0.5) is 0 Å². The van der Waals surface area contributed by atoms with Gasteiger partial charge in [0.1, 0.15) is 19.3 Å². The van der Waals surface area contributed by atoms with Crippen LogP contribution in [0.2, 0.25) is 0 Å². The number of aryl methyl sites for hydroxylation is 1. The van der Waals surface area contributed by atoms with Crippen LogP contribution in [0.15, 0.2) is 30.3 Å². The summed E-state index contributed by atoms with van der Waals surface area (Å²) < 4.78 is 2.32. The topological polar surface area (TPSA) is 3.01 Å². The van der Waals surface area contributed by atoms with Gasteiger partial charge >= 0.3 is 0 Å². The summed E-state index contributed by atoms with van der Waals surface area (Å²) in [5.41, 5.74) is 2.86. The van der Waals surface area contributed by atoms with E-state index in [4.69, 9.17) is 0 Å². The highest BCUT2D eigenvalue weighted by atomic mass is 15.0. The molecule has 0 aromatic heterocycles. The minimum absolute atomic E-state index is 1.27. The van der Waals surface area contributed by atoms with Crippen molar-refractivity contribution in [3.63, 3.8) is 0 Å². The summed E-state index contributed by atoms with van der Waals surface area (Å²) in [5.74, 6) is 0. The van der Waals surface area contributed by atoms with Crippen molar-refractivity contribution in [2.24, 2.45) is 0 Å². The van der Waals surface area contributed by atoms with E-state index in [9.17, 15) is 0 Å². The van der Waals surface area contributed by atoms with Crippen LogP contribution in [-0.4, -0.2) is 23.9 Å². The van der Waals surface area contributed by atoms with Gasteiger partial charge in [0, 0.05) is 19.8 Å². The predicted molar refractivity (Wildman–Crippen MR) is 62.1 cm³/mol. The molecule has 1 aliphatic heterocycles. The monoisotopic (exact) mass is 190 g/mol. The smallest absolute Gasteiger partial charge is 0.149 e. The third-order valence-electron chi connectivity index (χ3n) is 2.62. The first-order chi connectivity index (χ1) is 6.70. The molecular formula is C13H20N+. The van der Waals surface area contributed by atoms with E-state index in [0.717, 1.165) is 0 Å². The van der Waals surface area contributed by atoms with Crippen molar-refractivity contribution in [1.29, 1.82) is 0 Å². The summed E-state index contributed by atoms with van der Waals surface area (Å²) in [6, 6.07) is 10.3. The average Bonchev–Trinajstić information content (AvgIpc) is 2.53. The second-order valence-electron chi connectivity index (χ2n) is 3.92. The van der Waals surface area contributed by atoms with Gasteiger partial charge in [0.25, 0.3) is 0 Å². The van der Waals surface area contributed by atoms with E-state index < -0.39 is 0 Å². The quantitative estimate of drug-likeness (QED) is 0.553. The second kappa shape index (κ2) is 5.58. The third kappa shape index (κ3) is 3.73. The molecule has 0 atom stereocenters. The molecule has 0 fully saturated rings. The largest absolute Gasteiger partial charge is 0.240 e. The van der Waals surface area contributed by atoms with Crippen LogP contribution in [0, 0.1) is 6.92 Å². The van der Waals surface area contributed by atoms with Crippen molar-refractivity contribution in [2.45, 2.75) is 26.7 Å². The Labute approximate surface area is 87.1 Å². The van der Waals surface area contributed by atoms with Gasteiger partial charge in [-0.25, -0.2) is 4.58 Å². The van der Waals surface area contributed by atoms with Crippen molar-refractivity contribution in [3.8, 4) is 0 Å². The number of benzene rings is 1. The molecule has 0 saturated carbocycles. The van der Waals surface area contributed by atoms with E-state index in [2.05, 4.69) is 37.6 Å². The van der Waals surface area contributed by atoms with Gasteiger partial charge in [-0.3, -0.25) is 0 Å². The third-order valence-corrected chi connectivity index (χ3v) is 2.62.